The minimum Gasteiger partial charge on any atom is -0.494 e. The van der Waals surface area contributed by atoms with Crippen LogP contribution in [0.3, 0.4) is 0 Å². The number of nitrogens with zero attached hydrogens (tertiary/aromatic N) is 3. The van der Waals surface area contributed by atoms with E-state index in [2.05, 4.69) is 15.3 Å². The van der Waals surface area contributed by atoms with Crippen molar-refractivity contribution in [3.05, 3.63) is 81.6 Å². The van der Waals surface area contributed by atoms with Crippen LogP contribution in [0, 0.1) is 11.6 Å². The summed E-state index contributed by atoms with van der Waals surface area (Å²) in [5.41, 5.74) is 2.18. The van der Waals surface area contributed by atoms with E-state index in [0.29, 0.717) is 23.4 Å². The summed E-state index contributed by atoms with van der Waals surface area (Å²) in [4.78, 5) is 15.4. The minimum atomic E-state index is -0.498. The summed E-state index contributed by atoms with van der Waals surface area (Å²) in [6, 6.07) is 12.3. The summed E-state index contributed by atoms with van der Waals surface area (Å²) in [6.07, 6.45) is 0. The van der Waals surface area contributed by atoms with Crippen molar-refractivity contribution in [3.8, 4) is 17.0 Å². The van der Waals surface area contributed by atoms with E-state index in [4.69, 9.17) is 4.74 Å². The lowest BCUT2D eigenvalue weighted by Gasteiger charge is -2.27. The standard InChI is InChI=1S/C23H24F2N4O2/c1-31-22-7-4-17(12-20(22)25)21-13-18(15-28-10-8-26-9-11-28)23(30)29(27-21)14-16-2-5-19(24)6-3-16/h2-7,12-13,26H,8-11,14-15H2,1H3. The van der Waals surface area contributed by atoms with Gasteiger partial charge >= 0.3 is 0 Å². The predicted octanol–water partition coefficient (Wildman–Crippen LogP) is 2.65. The number of hydrogen-bond donors (Lipinski definition) is 1. The molecule has 2 heterocycles. The number of piperazine rings is 1. The normalized spacial score (nSPS) is 14.5. The van der Waals surface area contributed by atoms with Crippen LogP contribution in [-0.4, -0.2) is 48.0 Å². The number of methoxy groups -OCH3 is 1. The first-order chi connectivity index (χ1) is 15.0. The van der Waals surface area contributed by atoms with E-state index < -0.39 is 5.82 Å². The molecule has 1 aromatic heterocycles. The average Bonchev–Trinajstić information content (AvgIpc) is 2.78. The van der Waals surface area contributed by atoms with Gasteiger partial charge < -0.3 is 10.1 Å². The van der Waals surface area contributed by atoms with Crippen LogP contribution >= 0.6 is 0 Å². The van der Waals surface area contributed by atoms with E-state index in [1.807, 2.05) is 0 Å². The fraction of sp³-hybridized carbons (Fsp3) is 0.304. The highest BCUT2D eigenvalue weighted by molar-refractivity contribution is 5.60. The van der Waals surface area contributed by atoms with Gasteiger partial charge in [0.2, 0.25) is 0 Å². The molecule has 4 rings (SSSR count). The van der Waals surface area contributed by atoms with E-state index >= 15 is 0 Å². The molecule has 0 unspecified atom stereocenters. The first-order valence-corrected chi connectivity index (χ1v) is 10.2. The second kappa shape index (κ2) is 9.36. The smallest absolute Gasteiger partial charge is 0.271 e. The van der Waals surface area contributed by atoms with Crippen molar-refractivity contribution >= 4 is 0 Å². The van der Waals surface area contributed by atoms with Crippen molar-refractivity contribution in [1.82, 2.24) is 20.0 Å². The molecule has 6 nitrogen and oxygen atoms in total. The summed E-state index contributed by atoms with van der Waals surface area (Å²) in [6.45, 7) is 4.09. The molecule has 0 bridgehead atoms. The molecule has 1 aliphatic rings. The van der Waals surface area contributed by atoms with Gasteiger partial charge in [-0.1, -0.05) is 12.1 Å². The Balaban J connectivity index is 1.74. The minimum absolute atomic E-state index is 0.143. The number of rotatable bonds is 6. The van der Waals surface area contributed by atoms with Crippen LogP contribution in [0.25, 0.3) is 11.3 Å². The lowest BCUT2D eigenvalue weighted by Crippen LogP contribution is -2.44. The van der Waals surface area contributed by atoms with Gasteiger partial charge in [0.1, 0.15) is 5.82 Å². The third-order valence-electron chi connectivity index (χ3n) is 5.35. The third kappa shape index (κ3) is 4.98. The molecule has 0 aliphatic carbocycles. The van der Waals surface area contributed by atoms with Crippen LogP contribution in [0.1, 0.15) is 11.1 Å². The van der Waals surface area contributed by atoms with Crippen molar-refractivity contribution in [1.29, 1.82) is 0 Å². The number of benzene rings is 2. The van der Waals surface area contributed by atoms with E-state index in [0.717, 1.165) is 31.7 Å². The van der Waals surface area contributed by atoms with Crippen molar-refractivity contribution < 1.29 is 13.5 Å². The van der Waals surface area contributed by atoms with Gasteiger partial charge in [0, 0.05) is 43.9 Å². The van der Waals surface area contributed by atoms with Gasteiger partial charge in [0.05, 0.1) is 19.3 Å². The monoisotopic (exact) mass is 426 g/mol. The molecule has 0 atom stereocenters. The first kappa shape index (κ1) is 21.1. The molecular weight excluding hydrogens is 402 g/mol. The number of ether oxygens (including phenoxy) is 1. The molecule has 0 amide bonds. The Labute approximate surface area is 179 Å². The Morgan fingerprint density at radius 1 is 1.03 bits per heavy atom. The summed E-state index contributed by atoms with van der Waals surface area (Å²) in [5, 5.41) is 7.78. The van der Waals surface area contributed by atoms with E-state index in [-0.39, 0.29) is 23.7 Å². The highest BCUT2D eigenvalue weighted by Gasteiger charge is 2.17. The molecule has 1 N–H and O–H groups in total. The van der Waals surface area contributed by atoms with Crippen LogP contribution in [0.2, 0.25) is 0 Å². The molecule has 0 spiro atoms. The maximum atomic E-state index is 14.3. The van der Waals surface area contributed by atoms with Crippen LogP contribution in [0.5, 0.6) is 5.75 Å². The lowest BCUT2D eigenvalue weighted by molar-refractivity contribution is 0.231. The lowest BCUT2D eigenvalue weighted by atomic mass is 10.1. The molecular formula is C23H24F2N4O2. The average molecular weight is 426 g/mol. The molecule has 1 aliphatic heterocycles. The van der Waals surface area contributed by atoms with Crippen molar-refractivity contribution in [2.45, 2.75) is 13.1 Å². The molecule has 31 heavy (non-hydrogen) atoms. The van der Waals surface area contributed by atoms with Crippen molar-refractivity contribution in [2.75, 3.05) is 33.3 Å². The van der Waals surface area contributed by atoms with E-state index in [1.54, 1.807) is 24.3 Å². The molecule has 8 heteroatoms. The summed E-state index contributed by atoms with van der Waals surface area (Å²) in [7, 11) is 1.41. The molecule has 0 radical (unpaired) electrons. The summed E-state index contributed by atoms with van der Waals surface area (Å²) >= 11 is 0. The van der Waals surface area contributed by atoms with Crippen molar-refractivity contribution in [2.24, 2.45) is 0 Å². The maximum Gasteiger partial charge on any atom is 0.271 e. The Morgan fingerprint density at radius 3 is 2.45 bits per heavy atom. The quantitative estimate of drug-likeness (QED) is 0.657. The van der Waals surface area contributed by atoms with E-state index in [1.165, 1.54) is 36.1 Å². The highest BCUT2D eigenvalue weighted by atomic mass is 19.1. The van der Waals surface area contributed by atoms with Gasteiger partial charge in [0.25, 0.3) is 5.56 Å². The fourth-order valence-electron chi connectivity index (χ4n) is 3.66. The van der Waals surface area contributed by atoms with E-state index in [9.17, 15) is 13.6 Å². The van der Waals surface area contributed by atoms with Crippen molar-refractivity contribution in [3.63, 3.8) is 0 Å². The van der Waals surface area contributed by atoms with Gasteiger partial charge in [-0.3, -0.25) is 9.69 Å². The second-order valence-electron chi connectivity index (χ2n) is 7.52. The molecule has 3 aromatic rings. The van der Waals surface area contributed by atoms with Crippen LogP contribution in [0.15, 0.2) is 53.3 Å². The molecule has 0 saturated carbocycles. The summed E-state index contributed by atoms with van der Waals surface area (Å²) < 4.78 is 33.9. The number of nitrogens with one attached hydrogen (secondary N) is 1. The topological polar surface area (TPSA) is 59.4 Å². The molecule has 1 saturated heterocycles. The number of aromatic nitrogens is 2. The van der Waals surface area contributed by atoms with Crippen LogP contribution in [0.4, 0.5) is 8.78 Å². The second-order valence-corrected chi connectivity index (χ2v) is 7.52. The highest BCUT2D eigenvalue weighted by Crippen LogP contribution is 2.24. The largest absolute Gasteiger partial charge is 0.494 e. The van der Waals surface area contributed by atoms with Gasteiger partial charge in [-0.2, -0.15) is 5.10 Å². The molecule has 1 fully saturated rings. The maximum absolute atomic E-state index is 14.3. The Hall–Kier alpha value is -3.10. The Kier molecular flexibility index (Phi) is 6.39. The summed E-state index contributed by atoms with van der Waals surface area (Å²) in [5.74, 6) is -0.697. The zero-order chi connectivity index (χ0) is 21.8. The SMILES string of the molecule is COc1ccc(-c2cc(CN3CCNCC3)c(=O)n(Cc3ccc(F)cc3)n2)cc1F. The van der Waals surface area contributed by atoms with Gasteiger partial charge in [-0.25, -0.2) is 13.5 Å². The number of hydrogen-bond acceptors (Lipinski definition) is 5. The third-order valence-corrected chi connectivity index (χ3v) is 5.35. The zero-order valence-corrected chi connectivity index (χ0v) is 17.3. The Morgan fingerprint density at radius 2 is 1.77 bits per heavy atom. The van der Waals surface area contributed by atoms with Crippen LogP contribution in [-0.2, 0) is 13.1 Å². The van der Waals surface area contributed by atoms with Gasteiger partial charge in [-0.05, 0) is 42.0 Å². The van der Waals surface area contributed by atoms with Gasteiger partial charge in [0.15, 0.2) is 11.6 Å². The zero-order valence-electron chi connectivity index (χ0n) is 17.3. The van der Waals surface area contributed by atoms with Crippen LogP contribution < -0.4 is 15.6 Å². The van der Waals surface area contributed by atoms with Gasteiger partial charge in [-0.15, -0.1) is 0 Å². The first-order valence-electron chi connectivity index (χ1n) is 10.2. The Bertz CT molecular complexity index is 1110. The molecule has 2 aromatic carbocycles. The predicted molar refractivity (Wildman–Crippen MR) is 114 cm³/mol. The molecule has 162 valence electrons. The fourth-order valence-corrected chi connectivity index (χ4v) is 3.66. The number of halogens is 2.